The Bertz CT molecular complexity index is 487. The summed E-state index contributed by atoms with van der Waals surface area (Å²) in [6.07, 6.45) is 5.29. The summed E-state index contributed by atoms with van der Waals surface area (Å²) in [7, 11) is 0. The zero-order valence-corrected chi connectivity index (χ0v) is 12.4. The van der Waals surface area contributed by atoms with Gasteiger partial charge >= 0.3 is 6.18 Å². The highest BCUT2D eigenvalue weighted by Gasteiger charge is 2.28. The Morgan fingerprint density at radius 3 is 2.64 bits per heavy atom. The summed E-state index contributed by atoms with van der Waals surface area (Å²) in [5, 5.41) is 3.16. The molecule has 0 aliphatic heterocycles. The van der Waals surface area contributed by atoms with Crippen LogP contribution in [0.2, 0.25) is 0 Å². The summed E-state index contributed by atoms with van der Waals surface area (Å²) in [4.78, 5) is 8.02. The molecule has 0 saturated heterocycles. The number of halogens is 3. The van der Waals surface area contributed by atoms with Crippen molar-refractivity contribution in [3.8, 4) is 0 Å². The molecule has 0 amide bonds. The summed E-state index contributed by atoms with van der Waals surface area (Å²) in [6.45, 7) is -1.03. The molecule has 0 radical (unpaired) electrons. The Hall–Kier alpha value is -1.73. The third-order valence-electron chi connectivity index (χ3n) is 3.75. The molecule has 2 rings (SSSR count). The molecular formula is C14H22F3N5. The number of hydrogen-bond acceptors (Lipinski definition) is 2. The van der Waals surface area contributed by atoms with Gasteiger partial charge in [-0.15, -0.1) is 0 Å². The zero-order valence-electron chi connectivity index (χ0n) is 12.4. The first-order chi connectivity index (χ1) is 10.4. The van der Waals surface area contributed by atoms with Crippen molar-refractivity contribution < 1.29 is 13.2 Å². The van der Waals surface area contributed by atoms with Crippen molar-refractivity contribution in [2.24, 2.45) is 10.7 Å². The number of nitrogens with two attached hydrogens (primary N) is 1. The van der Waals surface area contributed by atoms with Crippen LogP contribution in [0.5, 0.6) is 0 Å². The van der Waals surface area contributed by atoms with E-state index in [0.29, 0.717) is 6.04 Å². The van der Waals surface area contributed by atoms with E-state index < -0.39 is 12.7 Å². The molecule has 0 bridgehead atoms. The number of aliphatic imine (C=N–C) groups is 1. The molecule has 1 aromatic rings. The molecule has 5 nitrogen and oxygen atoms in total. The van der Waals surface area contributed by atoms with E-state index in [4.69, 9.17) is 5.73 Å². The van der Waals surface area contributed by atoms with Crippen LogP contribution < -0.4 is 11.1 Å². The van der Waals surface area contributed by atoms with E-state index in [1.807, 2.05) is 0 Å². The summed E-state index contributed by atoms with van der Waals surface area (Å²) in [5.41, 5.74) is 5.83. The second-order valence-corrected chi connectivity index (χ2v) is 5.62. The second-order valence-electron chi connectivity index (χ2n) is 5.62. The van der Waals surface area contributed by atoms with Gasteiger partial charge in [0.15, 0.2) is 5.96 Å². The van der Waals surface area contributed by atoms with Crippen molar-refractivity contribution >= 4 is 5.96 Å². The standard InChI is InChI=1S/C14H22F3N5/c15-14(16,17)10-22-8-7-19-12(22)9-20-13(18)21-11-5-3-1-2-4-6-11/h7-8,11H,1-6,9-10H2,(H3,18,20,21). The number of nitrogens with one attached hydrogen (secondary N) is 1. The Labute approximate surface area is 127 Å². The van der Waals surface area contributed by atoms with Crippen molar-refractivity contribution in [3.63, 3.8) is 0 Å². The molecule has 1 aliphatic rings. The Balaban J connectivity index is 1.89. The van der Waals surface area contributed by atoms with Gasteiger partial charge in [0.05, 0.1) is 0 Å². The molecule has 1 saturated carbocycles. The maximum absolute atomic E-state index is 12.4. The molecule has 3 N–H and O–H groups in total. The van der Waals surface area contributed by atoms with Crippen LogP contribution in [0.1, 0.15) is 44.3 Å². The van der Waals surface area contributed by atoms with Crippen molar-refractivity contribution in [1.29, 1.82) is 0 Å². The number of aromatic nitrogens is 2. The van der Waals surface area contributed by atoms with Gasteiger partial charge in [0.1, 0.15) is 18.9 Å². The van der Waals surface area contributed by atoms with E-state index in [9.17, 15) is 13.2 Å². The van der Waals surface area contributed by atoms with E-state index in [2.05, 4.69) is 15.3 Å². The van der Waals surface area contributed by atoms with Crippen LogP contribution in [0.4, 0.5) is 13.2 Å². The number of nitrogens with zero attached hydrogens (tertiary/aromatic N) is 3. The van der Waals surface area contributed by atoms with Crippen LogP contribution in [0.25, 0.3) is 0 Å². The van der Waals surface area contributed by atoms with Crippen LogP contribution in [-0.4, -0.2) is 27.7 Å². The Kier molecular flexibility index (Phi) is 5.68. The van der Waals surface area contributed by atoms with Gasteiger partial charge in [0.25, 0.3) is 0 Å². The second kappa shape index (κ2) is 7.51. The Morgan fingerprint density at radius 2 is 2.00 bits per heavy atom. The summed E-state index contributed by atoms with van der Waals surface area (Å²) < 4.78 is 38.3. The lowest BCUT2D eigenvalue weighted by molar-refractivity contribution is -0.141. The van der Waals surface area contributed by atoms with E-state index in [0.717, 1.165) is 17.4 Å². The highest BCUT2D eigenvalue weighted by Crippen LogP contribution is 2.19. The molecule has 124 valence electrons. The van der Waals surface area contributed by atoms with Crippen molar-refractivity contribution in [3.05, 3.63) is 18.2 Å². The van der Waals surface area contributed by atoms with Gasteiger partial charge in [-0.05, 0) is 12.8 Å². The van der Waals surface area contributed by atoms with Crippen LogP contribution in [0, 0.1) is 0 Å². The molecule has 22 heavy (non-hydrogen) atoms. The third kappa shape index (κ3) is 5.57. The fraction of sp³-hybridized carbons (Fsp3) is 0.714. The third-order valence-corrected chi connectivity index (χ3v) is 3.75. The quantitative estimate of drug-likeness (QED) is 0.509. The largest absolute Gasteiger partial charge is 0.406 e. The highest BCUT2D eigenvalue weighted by molar-refractivity contribution is 5.78. The van der Waals surface area contributed by atoms with E-state index >= 15 is 0 Å². The van der Waals surface area contributed by atoms with Crippen LogP contribution >= 0.6 is 0 Å². The lowest BCUT2D eigenvalue weighted by Gasteiger charge is -2.16. The predicted octanol–water partition coefficient (Wildman–Crippen LogP) is 2.57. The fourth-order valence-electron chi connectivity index (χ4n) is 2.66. The summed E-state index contributed by atoms with van der Waals surface area (Å²) in [6, 6.07) is 0.307. The highest BCUT2D eigenvalue weighted by atomic mass is 19.4. The molecule has 1 aliphatic carbocycles. The van der Waals surface area contributed by atoms with Gasteiger partial charge in [-0.2, -0.15) is 13.2 Å². The predicted molar refractivity (Wildman–Crippen MR) is 78.2 cm³/mol. The first-order valence-electron chi connectivity index (χ1n) is 7.57. The van der Waals surface area contributed by atoms with Gasteiger partial charge in [-0.3, -0.25) is 0 Å². The number of guanidine groups is 1. The topological polar surface area (TPSA) is 68.2 Å². The molecule has 1 heterocycles. The molecule has 8 heteroatoms. The minimum atomic E-state index is -4.27. The monoisotopic (exact) mass is 317 g/mol. The van der Waals surface area contributed by atoms with Crippen molar-refractivity contribution in [2.75, 3.05) is 0 Å². The van der Waals surface area contributed by atoms with Crippen molar-refractivity contribution in [2.45, 2.75) is 63.8 Å². The first kappa shape index (κ1) is 16.6. The molecule has 0 atom stereocenters. The lowest BCUT2D eigenvalue weighted by atomic mass is 10.1. The number of alkyl halides is 3. The van der Waals surface area contributed by atoms with E-state index in [-0.39, 0.29) is 18.3 Å². The van der Waals surface area contributed by atoms with Gasteiger partial charge in [0, 0.05) is 18.4 Å². The van der Waals surface area contributed by atoms with Gasteiger partial charge in [-0.25, -0.2) is 9.98 Å². The Morgan fingerprint density at radius 1 is 1.32 bits per heavy atom. The van der Waals surface area contributed by atoms with Crippen LogP contribution in [0.3, 0.4) is 0 Å². The van der Waals surface area contributed by atoms with E-state index in [1.165, 1.54) is 38.1 Å². The van der Waals surface area contributed by atoms with Gasteiger partial charge in [0.2, 0.25) is 0 Å². The average molecular weight is 317 g/mol. The first-order valence-corrected chi connectivity index (χ1v) is 7.57. The molecule has 1 fully saturated rings. The molecular weight excluding hydrogens is 295 g/mol. The summed E-state index contributed by atoms with van der Waals surface area (Å²) in [5.74, 6) is 0.524. The lowest BCUT2D eigenvalue weighted by Crippen LogP contribution is -2.39. The van der Waals surface area contributed by atoms with E-state index in [1.54, 1.807) is 0 Å². The van der Waals surface area contributed by atoms with Crippen LogP contribution in [0.15, 0.2) is 17.4 Å². The minimum absolute atomic E-state index is 0.0363. The number of hydrogen-bond donors (Lipinski definition) is 2. The smallest absolute Gasteiger partial charge is 0.370 e. The maximum atomic E-state index is 12.4. The number of imidazole rings is 1. The minimum Gasteiger partial charge on any atom is -0.370 e. The normalized spacial score (nSPS) is 18.2. The molecule has 0 spiro atoms. The SMILES string of the molecule is NC(=NCc1nccn1CC(F)(F)F)NC1CCCCCC1. The molecule has 1 aromatic heterocycles. The molecule has 0 unspecified atom stereocenters. The number of rotatable bonds is 4. The van der Waals surface area contributed by atoms with Gasteiger partial charge < -0.3 is 15.6 Å². The molecule has 0 aromatic carbocycles. The van der Waals surface area contributed by atoms with Crippen molar-refractivity contribution in [1.82, 2.24) is 14.9 Å². The summed E-state index contributed by atoms with van der Waals surface area (Å²) >= 11 is 0. The zero-order chi connectivity index (χ0) is 16.0. The fourth-order valence-corrected chi connectivity index (χ4v) is 2.66. The van der Waals surface area contributed by atoms with Crippen LogP contribution in [-0.2, 0) is 13.1 Å². The maximum Gasteiger partial charge on any atom is 0.406 e. The average Bonchev–Trinajstić information content (AvgIpc) is 2.69. The van der Waals surface area contributed by atoms with Gasteiger partial charge in [-0.1, -0.05) is 25.7 Å².